The molecule has 35 heavy (non-hydrogen) atoms. The van der Waals surface area contributed by atoms with Crippen LogP contribution in [-0.2, 0) is 10.0 Å². The third kappa shape index (κ3) is 5.83. The monoisotopic (exact) mass is 512 g/mol. The first-order chi connectivity index (χ1) is 16.9. The normalized spacial score (nSPS) is 10.9. The Bertz CT molecular complexity index is 1430. The predicted molar refractivity (Wildman–Crippen MR) is 132 cm³/mol. The van der Waals surface area contributed by atoms with Crippen LogP contribution >= 0.6 is 11.3 Å². The number of carbonyl (C=O) groups excluding carboxylic acids is 1. The number of amides is 1. The molecule has 0 saturated carbocycles. The quantitative estimate of drug-likeness (QED) is 0.305. The van der Waals surface area contributed by atoms with Gasteiger partial charge < -0.3 is 20.1 Å². The van der Waals surface area contributed by atoms with Crippen molar-refractivity contribution >= 4 is 49.7 Å². The van der Waals surface area contributed by atoms with Crippen molar-refractivity contribution in [3.05, 3.63) is 72.0 Å². The van der Waals surface area contributed by atoms with Crippen LogP contribution in [0.3, 0.4) is 0 Å². The van der Waals surface area contributed by atoms with Gasteiger partial charge in [0.15, 0.2) is 16.6 Å². The fraction of sp³-hybridized carbons (Fsp3) is 0.0909. The number of hydrogen-bond donors (Lipinski definition) is 3. The van der Waals surface area contributed by atoms with E-state index in [0.29, 0.717) is 22.3 Å². The highest BCUT2D eigenvalue weighted by atomic mass is 32.2. The van der Waals surface area contributed by atoms with Crippen molar-refractivity contribution in [3.8, 4) is 11.5 Å². The van der Waals surface area contributed by atoms with Gasteiger partial charge in [0.1, 0.15) is 5.69 Å². The molecule has 2 heterocycles. The molecule has 0 radical (unpaired) electrons. The molecule has 1 amide bonds. The average molecular weight is 513 g/mol. The Hall–Kier alpha value is -4.23. The highest BCUT2D eigenvalue weighted by molar-refractivity contribution is 7.92. The molecule has 0 spiro atoms. The molecule has 13 heteroatoms. The van der Waals surface area contributed by atoms with Gasteiger partial charge in [0, 0.05) is 35.2 Å². The number of nitrogens with one attached hydrogen (secondary N) is 3. The highest BCUT2D eigenvalue weighted by Gasteiger charge is 2.17. The van der Waals surface area contributed by atoms with Gasteiger partial charge in [0.05, 0.1) is 19.1 Å². The number of aromatic nitrogens is 3. The van der Waals surface area contributed by atoms with Crippen molar-refractivity contribution in [1.29, 1.82) is 0 Å². The van der Waals surface area contributed by atoms with Crippen molar-refractivity contribution in [2.75, 3.05) is 29.6 Å². The summed E-state index contributed by atoms with van der Waals surface area (Å²) in [6.45, 7) is 0. The summed E-state index contributed by atoms with van der Waals surface area (Å²) in [6, 6.07) is 12.6. The molecule has 0 fully saturated rings. The van der Waals surface area contributed by atoms with Crippen LogP contribution in [0, 0.1) is 0 Å². The molecule has 0 atom stereocenters. The molecule has 0 unspecified atom stereocenters. The largest absolute Gasteiger partial charge is 0.493 e. The van der Waals surface area contributed by atoms with Crippen LogP contribution in [0.4, 0.5) is 22.5 Å². The van der Waals surface area contributed by atoms with E-state index in [1.807, 2.05) is 0 Å². The number of sulfonamides is 1. The zero-order valence-electron chi connectivity index (χ0n) is 18.6. The zero-order chi connectivity index (χ0) is 24.8. The van der Waals surface area contributed by atoms with E-state index in [2.05, 4.69) is 30.3 Å². The topological polar surface area (TPSA) is 144 Å². The fourth-order valence-electron chi connectivity index (χ4n) is 2.92. The summed E-state index contributed by atoms with van der Waals surface area (Å²) in [5.41, 5.74) is 1.33. The molecule has 11 nitrogen and oxygen atoms in total. The van der Waals surface area contributed by atoms with Crippen molar-refractivity contribution < 1.29 is 22.7 Å². The minimum absolute atomic E-state index is 0.00184. The lowest BCUT2D eigenvalue weighted by Gasteiger charge is -2.09. The summed E-state index contributed by atoms with van der Waals surface area (Å²) in [7, 11) is -0.770. The van der Waals surface area contributed by atoms with Crippen LogP contribution in [0.1, 0.15) is 10.5 Å². The summed E-state index contributed by atoms with van der Waals surface area (Å²) in [4.78, 5) is 24.6. The molecule has 4 rings (SSSR count). The Morgan fingerprint density at radius 1 is 0.943 bits per heavy atom. The Kier molecular flexibility index (Phi) is 7.08. The summed E-state index contributed by atoms with van der Waals surface area (Å²) in [6.07, 6.45) is 2.85. The zero-order valence-corrected chi connectivity index (χ0v) is 20.2. The van der Waals surface area contributed by atoms with Crippen molar-refractivity contribution in [1.82, 2.24) is 15.0 Å². The molecule has 3 N–H and O–H groups in total. The summed E-state index contributed by atoms with van der Waals surface area (Å²) in [5, 5.41) is 7.94. The molecule has 0 aliphatic rings. The molecule has 0 aliphatic carbocycles. The number of benzene rings is 2. The van der Waals surface area contributed by atoms with E-state index in [1.165, 1.54) is 48.0 Å². The Labute approximate surface area is 205 Å². The molecule has 4 aromatic rings. The summed E-state index contributed by atoms with van der Waals surface area (Å²) < 4.78 is 37.8. The molecule has 2 aromatic carbocycles. The molecule has 0 bridgehead atoms. The minimum Gasteiger partial charge on any atom is -0.493 e. The lowest BCUT2D eigenvalue weighted by Crippen LogP contribution is -2.15. The van der Waals surface area contributed by atoms with Gasteiger partial charge in [-0.3, -0.25) is 4.79 Å². The third-order valence-corrected chi connectivity index (χ3v) is 6.69. The van der Waals surface area contributed by atoms with Gasteiger partial charge >= 0.3 is 0 Å². The third-order valence-electron chi connectivity index (χ3n) is 4.59. The Morgan fingerprint density at radius 2 is 1.63 bits per heavy atom. The second-order valence-corrected chi connectivity index (χ2v) is 9.43. The van der Waals surface area contributed by atoms with Gasteiger partial charge in [0.25, 0.3) is 15.9 Å². The number of hydrogen-bond acceptors (Lipinski definition) is 10. The average Bonchev–Trinajstić information content (AvgIpc) is 3.33. The van der Waals surface area contributed by atoms with Crippen LogP contribution < -0.4 is 24.8 Å². The summed E-state index contributed by atoms with van der Waals surface area (Å²) >= 11 is 1.26. The molecule has 0 aliphatic heterocycles. The van der Waals surface area contributed by atoms with E-state index >= 15 is 0 Å². The first-order valence-corrected chi connectivity index (χ1v) is 12.4. The van der Waals surface area contributed by atoms with Gasteiger partial charge in [-0.05, 0) is 42.5 Å². The SMILES string of the molecule is COc1ccc(Nc2nc(C(=O)Nc3ccc(S(=O)(=O)Nc4ncccn4)cc3)cs2)cc1OC. The Morgan fingerprint density at radius 3 is 2.31 bits per heavy atom. The van der Waals surface area contributed by atoms with Crippen LogP contribution in [0.15, 0.2) is 71.2 Å². The first-order valence-electron chi connectivity index (χ1n) is 10.0. The number of ether oxygens (including phenoxy) is 2. The van der Waals surface area contributed by atoms with E-state index < -0.39 is 15.9 Å². The van der Waals surface area contributed by atoms with Crippen LogP contribution in [0.25, 0.3) is 0 Å². The number of nitrogens with zero attached hydrogens (tertiary/aromatic N) is 3. The molecule has 0 saturated heterocycles. The number of thiazole rings is 1. The van der Waals surface area contributed by atoms with Crippen molar-refractivity contribution in [2.24, 2.45) is 0 Å². The van der Waals surface area contributed by atoms with Crippen molar-refractivity contribution in [3.63, 3.8) is 0 Å². The van der Waals surface area contributed by atoms with E-state index in [4.69, 9.17) is 9.47 Å². The van der Waals surface area contributed by atoms with Gasteiger partial charge in [-0.2, -0.15) is 0 Å². The smallest absolute Gasteiger partial charge is 0.275 e. The highest BCUT2D eigenvalue weighted by Crippen LogP contribution is 2.31. The van der Waals surface area contributed by atoms with E-state index in [1.54, 1.807) is 43.9 Å². The van der Waals surface area contributed by atoms with Gasteiger partial charge in [-0.15, -0.1) is 11.3 Å². The van der Waals surface area contributed by atoms with Crippen molar-refractivity contribution in [2.45, 2.75) is 4.90 Å². The van der Waals surface area contributed by atoms with Gasteiger partial charge in [-0.1, -0.05) is 0 Å². The second-order valence-electron chi connectivity index (χ2n) is 6.89. The standard InChI is InChI=1S/C22H20N6O5S2/c1-32-18-9-6-15(12-19(18)33-2)26-22-27-17(13-34-22)20(29)25-14-4-7-16(8-5-14)35(30,31)28-21-23-10-3-11-24-21/h3-13H,1-2H3,(H,25,29)(H,26,27)(H,23,24,28). The van der Waals surface area contributed by atoms with E-state index in [9.17, 15) is 13.2 Å². The number of methoxy groups -OCH3 is 2. The van der Waals surface area contributed by atoms with Crippen LogP contribution in [0.5, 0.6) is 11.5 Å². The van der Waals surface area contributed by atoms with Crippen LogP contribution in [-0.4, -0.2) is 43.5 Å². The lowest BCUT2D eigenvalue weighted by molar-refractivity contribution is 0.102. The second kappa shape index (κ2) is 10.4. The minimum atomic E-state index is -3.87. The lowest BCUT2D eigenvalue weighted by atomic mass is 10.3. The predicted octanol–water partition coefficient (Wildman–Crippen LogP) is 3.75. The summed E-state index contributed by atoms with van der Waals surface area (Å²) in [5.74, 6) is 0.683. The van der Waals surface area contributed by atoms with E-state index in [-0.39, 0.29) is 16.5 Å². The number of carbonyl (C=O) groups is 1. The maximum absolute atomic E-state index is 12.6. The number of anilines is 4. The van der Waals surface area contributed by atoms with Gasteiger partial charge in [0.2, 0.25) is 5.95 Å². The fourth-order valence-corrected chi connectivity index (χ4v) is 4.59. The molecule has 2 aromatic heterocycles. The van der Waals surface area contributed by atoms with Crippen LogP contribution in [0.2, 0.25) is 0 Å². The molecule has 180 valence electrons. The Balaban J connectivity index is 1.40. The first kappa shape index (κ1) is 23.9. The molecular weight excluding hydrogens is 492 g/mol. The number of rotatable bonds is 9. The maximum atomic E-state index is 12.6. The molecular formula is C22H20N6O5S2. The maximum Gasteiger partial charge on any atom is 0.275 e. The van der Waals surface area contributed by atoms with E-state index in [0.717, 1.165) is 5.69 Å². The van der Waals surface area contributed by atoms with Gasteiger partial charge in [-0.25, -0.2) is 28.1 Å².